The molecule has 0 saturated carbocycles. The maximum Gasteiger partial charge on any atom is 0.294 e. The molecule has 0 fully saturated rings. The Morgan fingerprint density at radius 3 is 2.50 bits per heavy atom. The average molecular weight is 487 g/mol. The summed E-state index contributed by atoms with van der Waals surface area (Å²) in [6.07, 6.45) is 7.06. The van der Waals surface area contributed by atoms with Crippen LogP contribution in [0.3, 0.4) is 0 Å². The maximum absolute atomic E-state index is 11.9. The Morgan fingerprint density at radius 2 is 1.69 bits per heavy atom. The van der Waals surface area contributed by atoms with Crippen molar-refractivity contribution < 1.29 is 4.92 Å². The fourth-order valence-corrected chi connectivity index (χ4v) is 4.26. The van der Waals surface area contributed by atoms with E-state index in [0.717, 1.165) is 32.1 Å². The molecule has 0 saturated heterocycles. The van der Waals surface area contributed by atoms with E-state index < -0.39 is 0 Å². The van der Waals surface area contributed by atoms with Crippen molar-refractivity contribution in [2.45, 2.75) is 13.1 Å². The molecule has 0 aliphatic carbocycles. The third-order valence-electron chi connectivity index (χ3n) is 5.54. The van der Waals surface area contributed by atoms with Crippen LogP contribution in [0.15, 0.2) is 96.1 Å². The summed E-state index contributed by atoms with van der Waals surface area (Å²) in [5.41, 5.74) is 3.70. The lowest BCUT2D eigenvalue weighted by Crippen LogP contribution is -2.07. The molecule has 6 nitrogen and oxygen atoms in total. The highest BCUT2D eigenvalue weighted by Gasteiger charge is 2.21. The third-order valence-corrected chi connectivity index (χ3v) is 6.07. The molecule has 0 atom stereocenters. The first-order chi connectivity index (χ1) is 15.6. The number of rotatable bonds is 6. The van der Waals surface area contributed by atoms with Crippen molar-refractivity contribution in [3.05, 3.63) is 117 Å². The number of benzene rings is 3. The second-order valence-electron chi connectivity index (χ2n) is 7.65. The van der Waals surface area contributed by atoms with E-state index in [-0.39, 0.29) is 10.6 Å². The van der Waals surface area contributed by atoms with E-state index in [0.29, 0.717) is 18.7 Å². The zero-order valence-corrected chi connectivity index (χ0v) is 18.6. The molecule has 0 unspecified atom stereocenters. The van der Waals surface area contributed by atoms with Crippen LogP contribution in [0, 0.1) is 10.1 Å². The van der Waals surface area contributed by atoms with Gasteiger partial charge >= 0.3 is 0 Å². The van der Waals surface area contributed by atoms with Gasteiger partial charge in [-0.15, -0.1) is 0 Å². The molecule has 0 aliphatic heterocycles. The smallest absolute Gasteiger partial charge is 0.294 e. The summed E-state index contributed by atoms with van der Waals surface area (Å²) >= 11 is 3.46. The molecule has 7 heteroatoms. The van der Waals surface area contributed by atoms with Crippen LogP contribution in [0.5, 0.6) is 0 Å². The SMILES string of the molecule is O=[N+]([O-])c1cn(Cc2cncn2Cc2ccc(Br)cc2)cc1-c1cccc2ccccc12. The summed E-state index contributed by atoms with van der Waals surface area (Å²) in [4.78, 5) is 15.8. The molecule has 0 N–H and O–H groups in total. The molecule has 0 spiro atoms. The van der Waals surface area contributed by atoms with E-state index >= 15 is 0 Å². The number of hydrogen-bond donors (Lipinski definition) is 0. The molecule has 5 aromatic rings. The van der Waals surface area contributed by atoms with Gasteiger partial charge in [-0.05, 0) is 34.0 Å². The molecule has 0 aliphatic rings. The number of nitrogens with zero attached hydrogens (tertiary/aromatic N) is 4. The summed E-state index contributed by atoms with van der Waals surface area (Å²) in [5.74, 6) is 0. The number of aromatic nitrogens is 3. The molecule has 3 aromatic carbocycles. The largest absolute Gasteiger partial charge is 0.341 e. The first-order valence-corrected chi connectivity index (χ1v) is 10.9. The summed E-state index contributed by atoms with van der Waals surface area (Å²) in [6, 6.07) is 22.0. The van der Waals surface area contributed by atoms with E-state index in [1.54, 1.807) is 12.5 Å². The summed E-state index contributed by atoms with van der Waals surface area (Å²) in [5, 5.41) is 13.9. The summed E-state index contributed by atoms with van der Waals surface area (Å²) < 4.78 is 4.96. The Morgan fingerprint density at radius 1 is 0.906 bits per heavy atom. The summed E-state index contributed by atoms with van der Waals surface area (Å²) in [6.45, 7) is 1.17. The Balaban J connectivity index is 1.50. The quantitative estimate of drug-likeness (QED) is 0.209. The van der Waals surface area contributed by atoms with Crippen LogP contribution >= 0.6 is 15.9 Å². The first kappa shape index (κ1) is 20.2. The van der Waals surface area contributed by atoms with Gasteiger partial charge < -0.3 is 9.13 Å². The zero-order chi connectivity index (χ0) is 22.1. The van der Waals surface area contributed by atoms with E-state index in [2.05, 4.69) is 37.6 Å². The van der Waals surface area contributed by atoms with E-state index in [1.807, 2.05) is 71.6 Å². The van der Waals surface area contributed by atoms with E-state index in [9.17, 15) is 10.1 Å². The van der Waals surface area contributed by atoms with Crippen molar-refractivity contribution in [2.24, 2.45) is 0 Å². The number of halogens is 1. The lowest BCUT2D eigenvalue weighted by atomic mass is 9.99. The Bertz CT molecular complexity index is 1410. The number of nitro groups is 1. The van der Waals surface area contributed by atoms with Crippen LogP contribution < -0.4 is 0 Å². The molecule has 0 bridgehead atoms. The van der Waals surface area contributed by atoms with Gasteiger partial charge in [0.1, 0.15) is 0 Å². The third kappa shape index (κ3) is 3.94. The topological polar surface area (TPSA) is 65.9 Å². The second kappa shape index (κ2) is 8.43. The fourth-order valence-electron chi connectivity index (χ4n) is 4.00. The van der Waals surface area contributed by atoms with Gasteiger partial charge in [0.25, 0.3) is 5.69 Å². The van der Waals surface area contributed by atoms with Crippen molar-refractivity contribution in [2.75, 3.05) is 0 Å². The summed E-state index contributed by atoms with van der Waals surface area (Å²) in [7, 11) is 0. The van der Waals surface area contributed by atoms with Crippen molar-refractivity contribution in [1.82, 2.24) is 14.1 Å². The van der Waals surface area contributed by atoms with Gasteiger partial charge in [-0.25, -0.2) is 4.98 Å². The number of hydrogen-bond acceptors (Lipinski definition) is 3. The number of fused-ring (bicyclic) bond motifs is 1. The highest BCUT2D eigenvalue weighted by molar-refractivity contribution is 9.10. The molecular formula is C25H19BrN4O2. The molecule has 2 heterocycles. The molecule has 2 aromatic heterocycles. The van der Waals surface area contributed by atoms with Crippen LogP contribution in [0.25, 0.3) is 21.9 Å². The van der Waals surface area contributed by atoms with Crippen LogP contribution in [-0.2, 0) is 13.1 Å². The molecule has 0 radical (unpaired) electrons. The highest BCUT2D eigenvalue weighted by atomic mass is 79.9. The van der Waals surface area contributed by atoms with Gasteiger partial charge in [-0.2, -0.15) is 0 Å². The minimum Gasteiger partial charge on any atom is -0.341 e. The number of imidazole rings is 1. The lowest BCUT2D eigenvalue weighted by Gasteiger charge is -2.09. The first-order valence-electron chi connectivity index (χ1n) is 10.1. The fraction of sp³-hybridized carbons (Fsp3) is 0.0800. The molecule has 0 amide bonds. The van der Waals surface area contributed by atoms with Gasteiger partial charge in [0.05, 0.1) is 35.2 Å². The monoisotopic (exact) mass is 486 g/mol. The molecular weight excluding hydrogens is 468 g/mol. The van der Waals surface area contributed by atoms with Crippen LogP contribution in [0.1, 0.15) is 11.3 Å². The predicted octanol–water partition coefficient (Wildman–Crippen LogP) is 6.27. The van der Waals surface area contributed by atoms with Crippen LogP contribution in [0.2, 0.25) is 0 Å². The predicted molar refractivity (Wildman–Crippen MR) is 129 cm³/mol. The van der Waals surface area contributed by atoms with Crippen molar-refractivity contribution >= 4 is 32.4 Å². The van der Waals surface area contributed by atoms with Gasteiger partial charge in [0.2, 0.25) is 0 Å². The van der Waals surface area contributed by atoms with Gasteiger partial charge in [0.15, 0.2) is 0 Å². The Kier molecular flexibility index (Phi) is 5.33. The molecule has 5 rings (SSSR count). The van der Waals surface area contributed by atoms with Crippen LogP contribution in [-0.4, -0.2) is 19.0 Å². The van der Waals surface area contributed by atoms with Gasteiger partial charge in [-0.3, -0.25) is 10.1 Å². The van der Waals surface area contributed by atoms with Crippen molar-refractivity contribution in [3.63, 3.8) is 0 Å². The lowest BCUT2D eigenvalue weighted by molar-refractivity contribution is -0.384. The Labute approximate surface area is 193 Å². The zero-order valence-electron chi connectivity index (χ0n) is 17.1. The average Bonchev–Trinajstić information content (AvgIpc) is 3.42. The maximum atomic E-state index is 11.9. The minimum absolute atomic E-state index is 0.0975. The van der Waals surface area contributed by atoms with Gasteiger partial charge in [0, 0.05) is 23.4 Å². The molecule has 158 valence electrons. The van der Waals surface area contributed by atoms with Crippen molar-refractivity contribution in [1.29, 1.82) is 0 Å². The van der Waals surface area contributed by atoms with Crippen molar-refractivity contribution in [3.8, 4) is 11.1 Å². The second-order valence-corrected chi connectivity index (χ2v) is 8.57. The van der Waals surface area contributed by atoms with Gasteiger partial charge in [-0.1, -0.05) is 70.5 Å². The molecule has 32 heavy (non-hydrogen) atoms. The van der Waals surface area contributed by atoms with E-state index in [1.165, 1.54) is 0 Å². The van der Waals surface area contributed by atoms with E-state index in [4.69, 9.17) is 0 Å². The van der Waals surface area contributed by atoms with Crippen LogP contribution in [0.4, 0.5) is 5.69 Å². The Hall–Kier alpha value is -3.71. The minimum atomic E-state index is -0.313. The highest BCUT2D eigenvalue weighted by Crippen LogP contribution is 2.36. The normalized spacial score (nSPS) is 11.2. The standard InChI is InChI=1S/C25H19BrN4O2/c26-20-10-8-18(9-11-20)13-29-17-27-12-21(29)14-28-15-24(25(16-28)30(31)32)23-7-3-5-19-4-1-2-6-22(19)23/h1-12,15-17H,13-14H2.